The summed E-state index contributed by atoms with van der Waals surface area (Å²) in [6.07, 6.45) is 1.14. The highest BCUT2D eigenvalue weighted by molar-refractivity contribution is 7.90. The van der Waals surface area contributed by atoms with Gasteiger partial charge in [0.2, 0.25) is 0 Å². The highest BCUT2D eigenvalue weighted by atomic mass is 32.2. The van der Waals surface area contributed by atoms with Crippen LogP contribution in [0.1, 0.15) is 40.9 Å². The molecule has 0 aliphatic heterocycles. The fraction of sp³-hybridized carbons (Fsp3) is 0.381. The van der Waals surface area contributed by atoms with Gasteiger partial charge in [0.25, 0.3) is 5.91 Å². The molecular formula is C21H29N2O3S+. The van der Waals surface area contributed by atoms with E-state index in [4.69, 9.17) is 0 Å². The summed E-state index contributed by atoms with van der Waals surface area (Å²) < 4.78 is 23.5. The Labute approximate surface area is 162 Å². The lowest BCUT2D eigenvalue weighted by atomic mass is 10.1. The Morgan fingerprint density at radius 1 is 1.04 bits per heavy atom. The molecule has 0 spiro atoms. The van der Waals surface area contributed by atoms with Crippen molar-refractivity contribution in [3.8, 4) is 0 Å². The minimum atomic E-state index is -3.35. The fourth-order valence-electron chi connectivity index (χ4n) is 3.02. The van der Waals surface area contributed by atoms with Crippen LogP contribution in [0.15, 0.2) is 47.4 Å². The molecule has 0 atom stereocenters. The van der Waals surface area contributed by atoms with E-state index in [0.717, 1.165) is 37.0 Å². The average molecular weight is 390 g/mol. The van der Waals surface area contributed by atoms with Crippen LogP contribution >= 0.6 is 0 Å². The second-order valence-corrected chi connectivity index (χ2v) is 8.85. The van der Waals surface area contributed by atoms with Gasteiger partial charge < -0.3 is 10.2 Å². The molecule has 6 heteroatoms. The standard InChI is InChI=1S/C21H28N2O3S/c1-5-23(6-2)15-18-10-8-7-9-17(18)14-22-21(24)20-13-19(27(4,25)26)12-11-16(20)3/h7-13H,5-6,14-15H2,1-4H3,(H,22,24)/p+1. The molecule has 2 N–H and O–H groups in total. The maximum absolute atomic E-state index is 12.7. The SMILES string of the molecule is CC[NH+](CC)Cc1ccccc1CNC(=O)c1cc(S(C)(=O)=O)ccc1C. The first kappa shape index (κ1) is 21.1. The van der Waals surface area contributed by atoms with Gasteiger partial charge in [-0.25, -0.2) is 8.42 Å². The lowest BCUT2D eigenvalue weighted by Gasteiger charge is -2.18. The van der Waals surface area contributed by atoms with Crippen molar-refractivity contribution in [2.45, 2.75) is 38.8 Å². The largest absolute Gasteiger partial charge is 0.348 e. The van der Waals surface area contributed by atoms with Gasteiger partial charge in [0.15, 0.2) is 9.84 Å². The summed E-state index contributed by atoms with van der Waals surface area (Å²) in [4.78, 5) is 14.3. The Balaban J connectivity index is 2.17. The van der Waals surface area contributed by atoms with Crippen molar-refractivity contribution in [1.82, 2.24) is 5.32 Å². The van der Waals surface area contributed by atoms with E-state index >= 15 is 0 Å². The molecule has 2 rings (SSSR count). The van der Waals surface area contributed by atoms with Gasteiger partial charge in [0.05, 0.1) is 18.0 Å². The van der Waals surface area contributed by atoms with Gasteiger partial charge in [-0.3, -0.25) is 4.79 Å². The minimum Gasteiger partial charge on any atom is -0.348 e. The number of carbonyl (C=O) groups is 1. The van der Waals surface area contributed by atoms with Gasteiger partial charge in [-0.05, 0) is 44.0 Å². The monoisotopic (exact) mass is 389 g/mol. The minimum absolute atomic E-state index is 0.156. The fourth-order valence-corrected chi connectivity index (χ4v) is 3.67. The van der Waals surface area contributed by atoms with Crippen molar-refractivity contribution in [3.63, 3.8) is 0 Å². The van der Waals surface area contributed by atoms with Crippen LogP contribution in [0, 0.1) is 6.92 Å². The van der Waals surface area contributed by atoms with Crippen LogP contribution < -0.4 is 10.2 Å². The Morgan fingerprint density at radius 2 is 1.67 bits per heavy atom. The number of aryl methyl sites for hydroxylation is 1. The summed E-state index contributed by atoms with van der Waals surface area (Å²) in [5.41, 5.74) is 3.45. The molecule has 27 heavy (non-hydrogen) atoms. The Morgan fingerprint density at radius 3 is 2.26 bits per heavy atom. The molecule has 0 aliphatic carbocycles. The molecule has 0 fully saturated rings. The number of quaternary nitrogens is 1. The third-order valence-electron chi connectivity index (χ3n) is 4.88. The first-order chi connectivity index (χ1) is 12.8. The molecule has 0 radical (unpaired) electrons. The third-order valence-corrected chi connectivity index (χ3v) is 5.99. The first-order valence-corrected chi connectivity index (χ1v) is 11.1. The molecular weight excluding hydrogens is 360 g/mol. The molecule has 0 saturated carbocycles. The predicted molar refractivity (Wildman–Crippen MR) is 108 cm³/mol. The summed E-state index contributed by atoms with van der Waals surface area (Å²) in [6.45, 7) is 9.57. The van der Waals surface area contributed by atoms with Crippen molar-refractivity contribution >= 4 is 15.7 Å². The van der Waals surface area contributed by atoms with Crippen molar-refractivity contribution in [2.75, 3.05) is 19.3 Å². The molecule has 1 amide bonds. The van der Waals surface area contributed by atoms with E-state index in [0.29, 0.717) is 12.1 Å². The van der Waals surface area contributed by atoms with Crippen LogP contribution in [0.25, 0.3) is 0 Å². The first-order valence-electron chi connectivity index (χ1n) is 9.25. The van der Waals surface area contributed by atoms with Crippen LogP contribution in [0.3, 0.4) is 0 Å². The van der Waals surface area contributed by atoms with E-state index in [2.05, 4.69) is 25.2 Å². The van der Waals surface area contributed by atoms with E-state index in [1.165, 1.54) is 22.6 Å². The zero-order valence-electron chi connectivity index (χ0n) is 16.5. The molecule has 0 heterocycles. The molecule has 0 aromatic heterocycles. The van der Waals surface area contributed by atoms with Crippen LogP contribution in [0.2, 0.25) is 0 Å². The smallest absolute Gasteiger partial charge is 0.251 e. The van der Waals surface area contributed by atoms with Crippen molar-refractivity contribution in [3.05, 3.63) is 64.7 Å². The number of amides is 1. The number of rotatable bonds is 8. The van der Waals surface area contributed by atoms with Crippen LogP contribution in [-0.2, 0) is 22.9 Å². The number of hydrogen-bond donors (Lipinski definition) is 2. The van der Waals surface area contributed by atoms with Gasteiger partial charge in [0, 0.05) is 23.9 Å². The van der Waals surface area contributed by atoms with Crippen LogP contribution in [0.5, 0.6) is 0 Å². The second-order valence-electron chi connectivity index (χ2n) is 6.83. The summed E-state index contributed by atoms with van der Waals surface area (Å²) in [7, 11) is -3.35. The zero-order valence-corrected chi connectivity index (χ0v) is 17.3. The number of hydrogen-bond acceptors (Lipinski definition) is 3. The van der Waals surface area contributed by atoms with E-state index in [1.807, 2.05) is 18.2 Å². The highest BCUT2D eigenvalue weighted by Gasteiger charge is 2.15. The summed E-state index contributed by atoms with van der Waals surface area (Å²) >= 11 is 0. The summed E-state index contributed by atoms with van der Waals surface area (Å²) in [6, 6.07) is 12.8. The molecule has 0 bridgehead atoms. The quantitative estimate of drug-likeness (QED) is 0.723. The zero-order chi connectivity index (χ0) is 20.0. The van der Waals surface area contributed by atoms with Gasteiger partial charge in [-0.2, -0.15) is 0 Å². The number of sulfone groups is 1. The van der Waals surface area contributed by atoms with E-state index in [9.17, 15) is 13.2 Å². The average Bonchev–Trinajstić information content (AvgIpc) is 2.64. The predicted octanol–water partition coefficient (Wildman–Crippen LogP) is 1.75. The summed E-state index contributed by atoms with van der Waals surface area (Å²) in [5.74, 6) is -0.261. The van der Waals surface area contributed by atoms with Crippen molar-refractivity contribution in [1.29, 1.82) is 0 Å². The van der Waals surface area contributed by atoms with E-state index in [-0.39, 0.29) is 10.8 Å². The van der Waals surface area contributed by atoms with Gasteiger partial charge >= 0.3 is 0 Å². The maximum Gasteiger partial charge on any atom is 0.251 e. The Bertz CT molecular complexity index is 903. The maximum atomic E-state index is 12.7. The van der Waals surface area contributed by atoms with Crippen molar-refractivity contribution in [2.24, 2.45) is 0 Å². The molecule has 2 aromatic carbocycles. The third kappa shape index (κ3) is 5.65. The highest BCUT2D eigenvalue weighted by Crippen LogP contribution is 2.16. The lowest BCUT2D eigenvalue weighted by Crippen LogP contribution is -3.10. The molecule has 0 saturated heterocycles. The lowest BCUT2D eigenvalue weighted by molar-refractivity contribution is -0.910. The van der Waals surface area contributed by atoms with Gasteiger partial charge in [-0.15, -0.1) is 0 Å². The van der Waals surface area contributed by atoms with Gasteiger partial charge in [0.1, 0.15) is 6.54 Å². The normalized spacial score (nSPS) is 11.6. The Kier molecular flexibility index (Phi) is 7.16. The van der Waals surface area contributed by atoms with Crippen LogP contribution in [0.4, 0.5) is 0 Å². The Hall–Kier alpha value is -2.18. The topological polar surface area (TPSA) is 67.7 Å². The van der Waals surface area contributed by atoms with Gasteiger partial charge in [-0.1, -0.05) is 30.3 Å². The molecule has 0 unspecified atom stereocenters. The molecule has 2 aromatic rings. The number of carbonyl (C=O) groups excluding carboxylic acids is 1. The second kappa shape index (κ2) is 9.15. The number of nitrogens with one attached hydrogen (secondary N) is 2. The van der Waals surface area contributed by atoms with E-state index < -0.39 is 9.84 Å². The molecule has 5 nitrogen and oxygen atoms in total. The van der Waals surface area contributed by atoms with E-state index in [1.54, 1.807) is 13.0 Å². The van der Waals surface area contributed by atoms with Crippen LogP contribution in [-0.4, -0.2) is 33.7 Å². The molecule has 146 valence electrons. The molecule has 0 aliphatic rings. The van der Waals surface area contributed by atoms with Crippen molar-refractivity contribution < 1.29 is 18.1 Å². The summed E-state index contributed by atoms with van der Waals surface area (Å²) in [5, 5.41) is 2.94. The number of benzene rings is 2.